The maximum atomic E-state index is 13.3. The maximum absolute atomic E-state index is 13.3. The van der Waals surface area contributed by atoms with Gasteiger partial charge in [0.2, 0.25) is 0 Å². The molecule has 35 heavy (non-hydrogen) atoms. The fraction of sp³-hybridized carbons (Fsp3) is 0.0741. The SMILES string of the molecule is O=C(C(Oc1ccc(Cl)cc1)Oc1ccc(Cl)cc1)N(O)c1ccccc1OCc1ccccc1. The van der Waals surface area contributed by atoms with E-state index in [1.807, 2.05) is 30.3 Å². The molecule has 1 amide bonds. The van der Waals surface area contributed by atoms with Crippen LogP contribution in [0.5, 0.6) is 17.2 Å². The highest BCUT2D eigenvalue weighted by Crippen LogP contribution is 2.29. The quantitative estimate of drug-likeness (QED) is 0.153. The average Bonchev–Trinajstić information content (AvgIpc) is 2.89. The lowest BCUT2D eigenvalue weighted by Crippen LogP contribution is -2.44. The second-order valence-electron chi connectivity index (χ2n) is 7.37. The third-order valence-electron chi connectivity index (χ3n) is 4.85. The lowest BCUT2D eigenvalue weighted by Gasteiger charge is -2.24. The number of ether oxygens (including phenoxy) is 3. The maximum Gasteiger partial charge on any atom is 0.333 e. The third-order valence-corrected chi connectivity index (χ3v) is 5.36. The van der Waals surface area contributed by atoms with Crippen molar-refractivity contribution in [3.05, 3.63) is 119 Å². The number of halogens is 2. The van der Waals surface area contributed by atoms with Crippen LogP contribution in [0.3, 0.4) is 0 Å². The Morgan fingerprint density at radius 2 is 1.26 bits per heavy atom. The molecule has 1 N–H and O–H groups in total. The van der Waals surface area contributed by atoms with Gasteiger partial charge >= 0.3 is 12.2 Å². The standard InChI is InChI=1S/C27H21Cl2NO5/c28-20-10-14-22(15-11-20)34-27(35-23-16-12-21(29)13-17-23)26(31)30(32)24-8-4-5-9-25(24)33-18-19-6-2-1-3-7-19/h1-17,27,32H,18H2. The Morgan fingerprint density at radius 3 is 1.83 bits per heavy atom. The highest BCUT2D eigenvalue weighted by Gasteiger charge is 2.30. The summed E-state index contributed by atoms with van der Waals surface area (Å²) in [5.74, 6) is 0.0852. The molecule has 0 bridgehead atoms. The first-order valence-corrected chi connectivity index (χ1v) is 11.4. The summed E-state index contributed by atoms with van der Waals surface area (Å²) in [6.45, 7) is 0.256. The van der Waals surface area contributed by atoms with Crippen molar-refractivity contribution in [2.24, 2.45) is 0 Å². The van der Waals surface area contributed by atoms with E-state index < -0.39 is 12.2 Å². The van der Waals surface area contributed by atoms with Crippen molar-refractivity contribution in [2.45, 2.75) is 12.9 Å². The van der Waals surface area contributed by atoms with Crippen molar-refractivity contribution in [1.29, 1.82) is 0 Å². The minimum Gasteiger partial charge on any atom is -0.487 e. The molecule has 6 nitrogen and oxygen atoms in total. The first-order valence-electron chi connectivity index (χ1n) is 10.6. The number of hydrogen-bond acceptors (Lipinski definition) is 5. The molecule has 0 fully saturated rings. The Bertz CT molecular complexity index is 1200. The molecule has 0 radical (unpaired) electrons. The summed E-state index contributed by atoms with van der Waals surface area (Å²) in [6, 6.07) is 29.0. The number of hydroxylamine groups is 1. The Hall–Kier alpha value is -3.71. The summed E-state index contributed by atoms with van der Waals surface area (Å²) in [4.78, 5) is 13.3. The molecular formula is C27H21Cl2NO5. The topological polar surface area (TPSA) is 68.2 Å². The normalized spacial score (nSPS) is 10.6. The van der Waals surface area contributed by atoms with Gasteiger partial charge in [0.15, 0.2) is 0 Å². The van der Waals surface area contributed by atoms with E-state index in [0.29, 0.717) is 32.4 Å². The molecule has 4 aromatic carbocycles. The van der Waals surface area contributed by atoms with Crippen LogP contribution >= 0.6 is 23.2 Å². The van der Waals surface area contributed by atoms with E-state index in [-0.39, 0.29) is 12.3 Å². The molecule has 0 unspecified atom stereocenters. The fourth-order valence-corrected chi connectivity index (χ4v) is 3.36. The first-order chi connectivity index (χ1) is 17.0. The summed E-state index contributed by atoms with van der Waals surface area (Å²) in [5, 5.41) is 12.4. The van der Waals surface area contributed by atoms with Crippen molar-refractivity contribution in [3.8, 4) is 17.2 Å². The first kappa shape index (κ1) is 24.4. The predicted molar refractivity (Wildman–Crippen MR) is 134 cm³/mol. The Kier molecular flexibility index (Phi) is 8.11. The van der Waals surface area contributed by atoms with Crippen LogP contribution in [0.4, 0.5) is 5.69 Å². The number of para-hydroxylation sites is 2. The van der Waals surface area contributed by atoms with Gasteiger partial charge in [-0.2, -0.15) is 5.06 Å². The smallest absolute Gasteiger partial charge is 0.333 e. The number of hydrogen-bond donors (Lipinski definition) is 1. The van der Waals surface area contributed by atoms with Gasteiger partial charge in [0.1, 0.15) is 29.5 Å². The highest BCUT2D eigenvalue weighted by atomic mass is 35.5. The van der Waals surface area contributed by atoms with Crippen LogP contribution in [-0.2, 0) is 11.4 Å². The number of anilines is 1. The summed E-state index contributed by atoms with van der Waals surface area (Å²) in [7, 11) is 0. The van der Waals surface area contributed by atoms with Crippen LogP contribution < -0.4 is 19.3 Å². The Morgan fingerprint density at radius 1 is 0.743 bits per heavy atom. The molecule has 0 aliphatic carbocycles. The van der Waals surface area contributed by atoms with Crippen LogP contribution in [0.2, 0.25) is 10.0 Å². The van der Waals surface area contributed by atoms with E-state index in [1.54, 1.807) is 72.8 Å². The van der Waals surface area contributed by atoms with Crippen molar-refractivity contribution in [2.75, 3.05) is 5.06 Å². The molecule has 8 heteroatoms. The number of benzene rings is 4. The van der Waals surface area contributed by atoms with Crippen LogP contribution in [0, 0.1) is 0 Å². The molecule has 178 valence electrons. The molecule has 0 aromatic heterocycles. The van der Waals surface area contributed by atoms with Crippen molar-refractivity contribution in [1.82, 2.24) is 0 Å². The van der Waals surface area contributed by atoms with Gasteiger partial charge < -0.3 is 14.2 Å². The number of nitrogens with zero attached hydrogens (tertiary/aromatic N) is 1. The van der Waals surface area contributed by atoms with Crippen LogP contribution in [0.25, 0.3) is 0 Å². The molecular weight excluding hydrogens is 489 g/mol. The van der Waals surface area contributed by atoms with Gasteiger partial charge in [-0.3, -0.25) is 10.0 Å². The average molecular weight is 510 g/mol. The van der Waals surface area contributed by atoms with Crippen LogP contribution in [0.15, 0.2) is 103 Å². The van der Waals surface area contributed by atoms with E-state index in [1.165, 1.54) is 0 Å². The zero-order valence-corrected chi connectivity index (χ0v) is 19.9. The van der Waals surface area contributed by atoms with Gasteiger partial charge in [0, 0.05) is 10.0 Å². The van der Waals surface area contributed by atoms with Crippen molar-refractivity contribution in [3.63, 3.8) is 0 Å². The van der Waals surface area contributed by atoms with E-state index in [9.17, 15) is 10.0 Å². The number of carbonyl (C=O) groups excluding carboxylic acids is 1. The second-order valence-corrected chi connectivity index (χ2v) is 8.24. The summed E-state index contributed by atoms with van der Waals surface area (Å²) >= 11 is 11.9. The van der Waals surface area contributed by atoms with E-state index in [2.05, 4.69) is 0 Å². The number of amides is 1. The zero-order valence-electron chi connectivity index (χ0n) is 18.4. The lowest BCUT2D eigenvalue weighted by molar-refractivity contribution is -0.143. The van der Waals surface area contributed by atoms with Crippen molar-refractivity contribution >= 4 is 34.8 Å². The number of carbonyl (C=O) groups is 1. The predicted octanol–water partition coefficient (Wildman–Crippen LogP) is 6.78. The highest BCUT2D eigenvalue weighted by molar-refractivity contribution is 6.30. The molecule has 0 aliphatic rings. The van der Waals surface area contributed by atoms with E-state index in [4.69, 9.17) is 37.4 Å². The minimum atomic E-state index is -1.52. The van der Waals surface area contributed by atoms with Gasteiger partial charge in [-0.1, -0.05) is 65.7 Å². The van der Waals surface area contributed by atoms with E-state index in [0.717, 1.165) is 5.56 Å². The molecule has 0 atom stereocenters. The second kappa shape index (κ2) is 11.6. The largest absolute Gasteiger partial charge is 0.487 e. The molecule has 0 aliphatic heterocycles. The molecule has 0 heterocycles. The molecule has 4 rings (SSSR count). The minimum absolute atomic E-state index is 0.137. The molecule has 4 aromatic rings. The molecule has 0 spiro atoms. The zero-order chi connectivity index (χ0) is 24.6. The molecule has 0 saturated carbocycles. The number of rotatable bonds is 9. The van der Waals surface area contributed by atoms with Crippen LogP contribution in [0.1, 0.15) is 5.56 Å². The van der Waals surface area contributed by atoms with Crippen molar-refractivity contribution < 1.29 is 24.2 Å². The van der Waals surface area contributed by atoms with Gasteiger partial charge in [-0.15, -0.1) is 0 Å². The van der Waals surface area contributed by atoms with Gasteiger partial charge in [-0.05, 0) is 66.2 Å². The summed E-state index contributed by atoms with van der Waals surface area (Å²) in [5.41, 5.74) is 1.07. The van der Waals surface area contributed by atoms with E-state index >= 15 is 0 Å². The molecule has 0 saturated heterocycles. The van der Waals surface area contributed by atoms with Gasteiger partial charge in [-0.25, -0.2) is 0 Å². The third kappa shape index (κ3) is 6.67. The fourth-order valence-electron chi connectivity index (χ4n) is 3.11. The Balaban J connectivity index is 1.56. The van der Waals surface area contributed by atoms with Crippen LogP contribution in [-0.4, -0.2) is 17.4 Å². The lowest BCUT2D eigenvalue weighted by atomic mass is 10.2. The van der Waals surface area contributed by atoms with Gasteiger partial charge in [0.05, 0.1) is 0 Å². The Labute approximate surface area is 212 Å². The summed E-state index contributed by atoms with van der Waals surface area (Å²) < 4.78 is 17.4. The van der Waals surface area contributed by atoms with Gasteiger partial charge in [0.25, 0.3) is 0 Å². The summed E-state index contributed by atoms with van der Waals surface area (Å²) in [6.07, 6.45) is -1.52. The monoisotopic (exact) mass is 509 g/mol.